The van der Waals surface area contributed by atoms with E-state index in [1.165, 1.54) is 0 Å². The molecule has 1 N–H and O–H groups in total. The van der Waals surface area contributed by atoms with Crippen molar-refractivity contribution >= 4 is 17.5 Å². The van der Waals surface area contributed by atoms with Gasteiger partial charge in [0.2, 0.25) is 0 Å². The molecule has 2 rings (SSSR count). The van der Waals surface area contributed by atoms with E-state index in [2.05, 4.69) is 5.32 Å². The van der Waals surface area contributed by atoms with Crippen molar-refractivity contribution in [1.82, 2.24) is 5.32 Å². The Hall–Kier alpha value is -1.22. The zero-order chi connectivity index (χ0) is 10.8. The molecule has 80 valence electrons. The highest BCUT2D eigenvalue weighted by molar-refractivity contribution is 6.32. The van der Waals surface area contributed by atoms with Crippen LogP contribution in [0.4, 0.5) is 0 Å². The van der Waals surface area contributed by atoms with Gasteiger partial charge in [-0.1, -0.05) is 11.6 Å². The van der Waals surface area contributed by atoms with Crippen LogP contribution in [-0.4, -0.2) is 19.6 Å². The molecule has 0 aromatic heterocycles. The normalized spacial score (nSPS) is 15.2. The Kier molecular flexibility index (Phi) is 2.82. The van der Waals surface area contributed by atoms with Gasteiger partial charge in [0, 0.05) is 12.1 Å². The summed E-state index contributed by atoms with van der Waals surface area (Å²) in [6, 6.07) is 3.53. The summed E-state index contributed by atoms with van der Waals surface area (Å²) >= 11 is 6.01. The number of ether oxygens (including phenoxy) is 1. The van der Waals surface area contributed by atoms with Gasteiger partial charge in [-0.15, -0.1) is 0 Å². The first-order chi connectivity index (χ1) is 7.22. The predicted molar refractivity (Wildman–Crippen MR) is 58.7 cm³/mol. The summed E-state index contributed by atoms with van der Waals surface area (Å²) in [5, 5.41) is 3.39. The first kappa shape index (κ1) is 10.3. The molecule has 0 unspecified atom stereocenters. The number of hydrogen-bond donors (Lipinski definition) is 1. The van der Waals surface area contributed by atoms with Crippen molar-refractivity contribution in [2.24, 2.45) is 0 Å². The number of methoxy groups -OCH3 is 1. The summed E-state index contributed by atoms with van der Waals surface area (Å²) in [6.07, 6.45) is 1.82. The molecule has 1 heterocycles. The zero-order valence-electron chi connectivity index (χ0n) is 8.47. The van der Waals surface area contributed by atoms with Gasteiger partial charge in [-0.2, -0.15) is 0 Å². The van der Waals surface area contributed by atoms with Crippen LogP contribution in [0.3, 0.4) is 0 Å². The third-order valence-corrected chi connectivity index (χ3v) is 2.83. The molecule has 1 aromatic rings. The maximum absolute atomic E-state index is 11.7. The highest BCUT2D eigenvalue weighted by atomic mass is 35.5. The Bertz CT molecular complexity index is 404. The minimum absolute atomic E-state index is 0.0440. The fourth-order valence-corrected chi connectivity index (χ4v) is 2.01. The summed E-state index contributed by atoms with van der Waals surface area (Å²) in [6.45, 7) is 0.716. The molecule has 4 heteroatoms. The Labute approximate surface area is 93.4 Å². The number of rotatable bonds is 1. The molecular formula is C11H12ClNO2. The van der Waals surface area contributed by atoms with E-state index < -0.39 is 0 Å². The van der Waals surface area contributed by atoms with Crippen LogP contribution >= 0.6 is 11.6 Å². The van der Waals surface area contributed by atoms with Crippen LogP contribution in [0.15, 0.2) is 12.1 Å². The van der Waals surface area contributed by atoms with Crippen molar-refractivity contribution in [2.45, 2.75) is 12.8 Å². The van der Waals surface area contributed by atoms with E-state index in [0.29, 0.717) is 22.9 Å². The number of fused-ring (bicyclic) bond motifs is 1. The van der Waals surface area contributed by atoms with Gasteiger partial charge in [0.1, 0.15) is 5.75 Å². The Morgan fingerprint density at radius 1 is 1.47 bits per heavy atom. The van der Waals surface area contributed by atoms with Crippen LogP contribution in [0, 0.1) is 0 Å². The van der Waals surface area contributed by atoms with Gasteiger partial charge < -0.3 is 10.1 Å². The van der Waals surface area contributed by atoms with Crippen LogP contribution < -0.4 is 10.1 Å². The van der Waals surface area contributed by atoms with E-state index in [-0.39, 0.29) is 5.91 Å². The number of amides is 1. The van der Waals surface area contributed by atoms with Gasteiger partial charge in [0.15, 0.2) is 0 Å². The molecular weight excluding hydrogens is 214 g/mol. The molecule has 1 amide bonds. The number of hydrogen-bond acceptors (Lipinski definition) is 2. The molecule has 0 radical (unpaired) electrons. The largest absolute Gasteiger partial charge is 0.495 e. The molecule has 0 aliphatic carbocycles. The fourth-order valence-electron chi connectivity index (χ4n) is 1.75. The van der Waals surface area contributed by atoms with Crippen molar-refractivity contribution in [1.29, 1.82) is 0 Å². The highest BCUT2D eigenvalue weighted by Crippen LogP contribution is 2.29. The second kappa shape index (κ2) is 4.11. The molecule has 0 saturated carbocycles. The zero-order valence-corrected chi connectivity index (χ0v) is 9.23. The van der Waals surface area contributed by atoms with Crippen molar-refractivity contribution in [3.05, 3.63) is 28.3 Å². The Morgan fingerprint density at radius 3 is 3.00 bits per heavy atom. The molecule has 1 aliphatic heterocycles. The summed E-state index contributed by atoms with van der Waals surface area (Å²) < 4.78 is 5.09. The third kappa shape index (κ3) is 1.92. The molecule has 0 bridgehead atoms. The molecule has 0 spiro atoms. The molecule has 0 atom stereocenters. The van der Waals surface area contributed by atoms with Gasteiger partial charge >= 0.3 is 0 Å². The van der Waals surface area contributed by atoms with Crippen LogP contribution in [0.5, 0.6) is 5.75 Å². The van der Waals surface area contributed by atoms with Gasteiger partial charge in [0.05, 0.1) is 12.1 Å². The summed E-state index contributed by atoms with van der Waals surface area (Å²) in [5.41, 5.74) is 1.67. The monoisotopic (exact) mass is 225 g/mol. The molecule has 0 saturated heterocycles. The number of nitrogens with one attached hydrogen (secondary N) is 1. The fraction of sp³-hybridized carbons (Fsp3) is 0.364. The first-order valence-electron chi connectivity index (χ1n) is 4.87. The average molecular weight is 226 g/mol. The average Bonchev–Trinajstić information content (AvgIpc) is 2.40. The minimum Gasteiger partial charge on any atom is -0.495 e. The van der Waals surface area contributed by atoms with E-state index in [4.69, 9.17) is 16.3 Å². The smallest absolute Gasteiger partial charge is 0.251 e. The maximum atomic E-state index is 11.7. The minimum atomic E-state index is -0.0440. The Morgan fingerprint density at radius 2 is 2.27 bits per heavy atom. The van der Waals surface area contributed by atoms with Gasteiger partial charge in [0.25, 0.3) is 5.91 Å². The van der Waals surface area contributed by atoms with Crippen molar-refractivity contribution in [2.75, 3.05) is 13.7 Å². The highest BCUT2D eigenvalue weighted by Gasteiger charge is 2.17. The van der Waals surface area contributed by atoms with Crippen LogP contribution in [0.2, 0.25) is 5.02 Å². The second-order valence-corrected chi connectivity index (χ2v) is 3.91. The summed E-state index contributed by atoms with van der Waals surface area (Å²) in [5.74, 6) is 0.505. The van der Waals surface area contributed by atoms with Gasteiger partial charge in [-0.3, -0.25) is 4.79 Å². The van der Waals surface area contributed by atoms with E-state index in [1.807, 2.05) is 6.07 Å². The lowest BCUT2D eigenvalue weighted by Crippen LogP contribution is -2.22. The van der Waals surface area contributed by atoms with E-state index in [1.54, 1.807) is 13.2 Å². The lowest BCUT2D eigenvalue weighted by Gasteiger charge is -2.09. The number of aryl methyl sites for hydroxylation is 1. The van der Waals surface area contributed by atoms with Crippen molar-refractivity contribution in [3.63, 3.8) is 0 Å². The van der Waals surface area contributed by atoms with E-state index >= 15 is 0 Å². The van der Waals surface area contributed by atoms with Crippen molar-refractivity contribution < 1.29 is 9.53 Å². The second-order valence-electron chi connectivity index (χ2n) is 3.50. The standard InChI is InChI=1S/C11H12ClNO2/c1-15-10-6-8-7(5-9(10)12)3-2-4-13-11(8)14/h5-6H,2-4H2,1H3,(H,13,14). The molecule has 0 fully saturated rings. The van der Waals surface area contributed by atoms with Crippen LogP contribution in [0.25, 0.3) is 0 Å². The maximum Gasteiger partial charge on any atom is 0.251 e. The number of benzene rings is 1. The van der Waals surface area contributed by atoms with Crippen molar-refractivity contribution in [3.8, 4) is 5.75 Å². The Balaban J connectivity index is 2.52. The topological polar surface area (TPSA) is 38.3 Å². The quantitative estimate of drug-likeness (QED) is 0.794. The molecule has 15 heavy (non-hydrogen) atoms. The van der Waals surface area contributed by atoms with E-state index in [9.17, 15) is 4.79 Å². The lowest BCUT2D eigenvalue weighted by atomic mass is 10.0. The summed E-state index contributed by atoms with van der Waals surface area (Å²) in [4.78, 5) is 11.7. The molecule has 1 aliphatic rings. The van der Waals surface area contributed by atoms with Crippen LogP contribution in [0.1, 0.15) is 22.3 Å². The lowest BCUT2D eigenvalue weighted by molar-refractivity contribution is 0.0955. The number of carbonyl (C=O) groups excluding carboxylic acids is 1. The third-order valence-electron chi connectivity index (χ3n) is 2.53. The molecule has 1 aromatic carbocycles. The van der Waals surface area contributed by atoms with Gasteiger partial charge in [-0.05, 0) is 30.5 Å². The number of carbonyl (C=O) groups is 1. The first-order valence-corrected chi connectivity index (χ1v) is 5.25. The van der Waals surface area contributed by atoms with Gasteiger partial charge in [-0.25, -0.2) is 0 Å². The SMILES string of the molecule is COc1cc2c(cc1Cl)CCCNC2=O. The van der Waals surface area contributed by atoms with E-state index in [0.717, 1.165) is 18.4 Å². The number of halogens is 1. The van der Waals surface area contributed by atoms with Crippen LogP contribution in [-0.2, 0) is 6.42 Å². The predicted octanol–water partition coefficient (Wildman–Crippen LogP) is 2.02. The molecule has 3 nitrogen and oxygen atoms in total. The summed E-state index contributed by atoms with van der Waals surface area (Å²) in [7, 11) is 1.54.